The molecule has 1 nitrogen and oxygen atoms in total. The van der Waals surface area contributed by atoms with Gasteiger partial charge in [-0.25, -0.2) is 0 Å². The first-order valence-electron chi connectivity index (χ1n) is 5.73. The van der Waals surface area contributed by atoms with Crippen LogP contribution in [0.25, 0.3) is 0 Å². The second-order valence-electron chi connectivity index (χ2n) is 4.64. The summed E-state index contributed by atoms with van der Waals surface area (Å²) < 4.78 is 1.11. The minimum Gasteiger partial charge on any atom is -0.254 e. The summed E-state index contributed by atoms with van der Waals surface area (Å²) in [7, 11) is 0. The lowest BCUT2D eigenvalue weighted by Crippen LogP contribution is -2.33. The fourth-order valence-electron chi connectivity index (χ4n) is 2.97. The van der Waals surface area contributed by atoms with E-state index in [0.29, 0.717) is 17.8 Å². The Labute approximate surface area is 104 Å². The monoisotopic (exact) mass is 275 g/mol. The van der Waals surface area contributed by atoms with Crippen molar-refractivity contribution < 1.29 is 0 Å². The molecule has 3 atom stereocenters. The Hall–Kier alpha value is -0.890. The largest absolute Gasteiger partial charge is 0.254 e. The van der Waals surface area contributed by atoms with Crippen molar-refractivity contribution in [2.24, 2.45) is 22.7 Å². The predicted molar refractivity (Wildman–Crippen MR) is 71.6 cm³/mol. The quantitative estimate of drug-likeness (QED) is 0.634. The van der Waals surface area contributed by atoms with E-state index in [0.717, 1.165) is 11.0 Å². The number of hydrogen-bond donors (Lipinski definition) is 0. The Kier molecular flexibility index (Phi) is 2.47. The van der Waals surface area contributed by atoms with Crippen molar-refractivity contribution in [1.29, 1.82) is 0 Å². The molecule has 2 aliphatic carbocycles. The smallest absolute Gasteiger partial charge is 0.0875 e. The van der Waals surface area contributed by atoms with Gasteiger partial charge in [-0.15, -0.1) is 0 Å². The van der Waals surface area contributed by atoms with Gasteiger partial charge in [-0.2, -0.15) is 0 Å². The summed E-state index contributed by atoms with van der Waals surface area (Å²) >= 11 is 3.63. The zero-order valence-corrected chi connectivity index (χ0v) is 10.8. The first-order valence-corrected chi connectivity index (χ1v) is 6.52. The van der Waals surface area contributed by atoms with Gasteiger partial charge in [-0.05, 0) is 40.8 Å². The van der Waals surface area contributed by atoms with Crippen LogP contribution in [0.3, 0.4) is 0 Å². The third-order valence-corrected chi connectivity index (χ3v) is 4.46. The molecule has 0 N–H and O–H groups in total. The minimum absolute atomic E-state index is 0.505. The Balaban J connectivity index is 2.09. The maximum absolute atomic E-state index is 4.40. The van der Waals surface area contributed by atoms with Gasteiger partial charge in [0.25, 0.3) is 0 Å². The number of nitrogens with zero attached hydrogens (tertiary/aromatic N) is 1. The van der Waals surface area contributed by atoms with Gasteiger partial charge < -0.3 is 0 Å². The standard InChI is InChI=1S/C14H14BrN/c1-9-8-10-6-7-16-14(15)13(10)12-5-3-2-4-11(9)12/h2-4,6-8,10,12-13H,5H2,1H3. The van der Waals surface area contributed by atoms with Crippen LogP contribution < -0.4 is 0 Å². The third-order valence-electron chi connectivity index (χ3n) is 3.73. The van der Waals surface area contributed by atoms with Crippen LogP contribution in [0.1, 0.15) is 13.3 Å². The molecule has 0 aromatic heterocycles. The molecule has 2 heteroatoms. The fourth-order valence-corrected chi connectivity index (χ4v) is 3.71. The lowest BCUT2D eigenvalue weighted by Gasteiger charge is -2.38. The molecule has 0 fully saturated rings. The first-order chi connectivity index (χ1) is 7.77. The Morgan fingerprint density at radius 2 is 2.31 bits per heavy atom. The van der Waals surface area contributed by atoms with E-state index in [2.05, 4.69) is 58.2 Å². The van der Waals surface area contributed by atoms with Crippen molar-refractivity contribution in [2.75, 3.05) is 0 Å². The van der Waals surface area contributed by atoms with Crippen LogP contribution in [0, 0.1) is 17.8 Å². The van der Waals surface area contributed by atoms with Crippen molar-refractivity contribution in [2.45, 2.75) is 13.3 Å². The van der Waals surface area contributed by atoms with E-state index in [1.54, 1.807) is 0 Å². The first kappa shape index (κ1) is 10.3. The molecule has 3 rings (SSSR count). The van der Waals surface area contributed by atoms with E-state index >= 15 is 0 Å². The van der Waals surface area contributed by atoms with Crippen LogP contribution >= 0.6 is 15.9 Å². The Morgan fingerprint density at radius 1 is 1.44 bits per heavy atom. The minimum atomic E-state index is 0.505. The molecular weight excluding hydrogens is 262 g/mol. The second kappa shape index (κ2) is 3.85. The number of hydrogen-bond acceptors (Lipinski definition) is 1. The van der Waals surface area contributed by atoms with Gasteiger partial charge in [0.1, 0.15) is 0 Å². The van der Waals surface area contributed by atoms with Crippen molar-refractivity contribution >= 4 is 20.6 Å². The van der Waals surface area contributed by atoms with Gasteiger partial charge in [0, 0.05) is 18.0 Å². The summed E-state index contributed by atoms with van der Waals surface area (Å²) in [6.45, 7) is 2.22. The van der Waals surface area contributed by atoms with Gasteiger partial charge >= 0.3 is 0 Å². The molecule has 1 heterocycles. The topological polar surface area (TPSA) is 12.4 Å². The molecule has 82 valence electrons. The highest BCUT2D eigenvalue weighted by Crippen LogP contribution is 2.44. The number of rotatable bonds is 0. The summed E-state index contributed by atoms with van der Waals surface area (Å²) in [6, 6.07) is 0. The molecule has 0 bridgehead atoms. The molecule has 0 radical (unpaired) electrons. The van der Waals surface area contributed by atoms with Crippen molar-refractivity contribution in [3.63, 3.8) is 0 Å². The third kappa shape index (κ3) is 1.47. The van der Waals surface area contributed by atoms with Gasteiger partial charge in [0.15, 0.2) is 0 Å². The highest BCUT2D eigenvalue weighted by Gasteiger charge is 2.37. The van der Waals surface area contributed by atoms with E-state index in [1.165, 1.54) is 11.1 Å². The second-order valence-corrected chi connectivity index (χ2v) is 5.45. The summed E-state index contributed by atoms with van der Waals surface area (Å²) in [4.78, 5) is 4.40. The van der Waals surface area contributed by atoms with E-state index in [4.69, 9.17) is 0 Å². The lowest BCUT2D eigenvalue weighted by molar-refractivity contribution is 0.414. The molecule has 0 aromatic carbocycles. The molecule has 3 unspecified atom stereocenters. The van der Waals surface area contributed by atoms with Crippen molar-refractivity contribution in [3.8, 4) is 0 Å². The van der Waals surface area contributed by atoms with Crippen molar-refractivity contribution in [1.82, 2.24) is 0 Å². The van der Waals surface area contributed by atoms with E-state index in [-0.39, 0.29) is 0 Å². The molecule has 16 heavy (non-hydrogen) atoms. The highest BCUT2D eigenvalue weighted by molar-refractivity contribution is 9.18. The van der Waals surface area contributed by atoms with E-state index in [9.17, 15) is 0 Å². The van der Waals surface area contributed by atoms with Crippen LogP contribution in [0.2, 0.25) is 0 Å². The molecule has 0 aromatic rings. The van der Waals surface area contributed by atoms with Gasteiger partial charge in [-0.1, -0.05) is 36.0 Å². The van der Waals surface area contributed by atoms with Crippen LogP contribution in [-0.4, -0.2) is 4.62 Å². The van der Waals surface area contributed by atoms with Gasteiger partial charge in [0.05, 0.1) is 4.62 Å². The predicted octanol–water partition coefficient (Wildman–Crippen LogP) is 4.00. The average molecular weight is 276 g/mol. The fraction of sp³-hybridized carbons (Fsp3) is 0.357. The molecule has 0 amide bonds. The Morgan fingerprint density at radius 3 is 3.19 bits per heavy atom. The number of allylic oxidation sites excluding steroid dienone is 7. The summed E-state index contributed by atoms with van der Waals surface area (Å²) in [5.41, 5.74) is 2.92. The van der Waals surface area contributed by atoms with Crippen LogP contribution in [-0.2, 0) is 0 Å². The molecule has 0 spiro atoms. The average Bonchev–Trinajstić information content (AvgIpc) is 2.29. The summed E-state index contributed by atoms with van der Waals surface area (Å²) in [6.07, 6.45) is 14.3. The summed E-state index contributed by atoms with van der Waals surface area (Å²) in [5, 5.41) is 0. The molecule has 1 aliphatic heterocycles. The molecular formula is C14H14BrN. The molecule has 0 saturated heterocycles. The van der Waals surface area contributed by atoms with Gasteiger partial charge in [0.2, 0.25) is 0 Å². The zero-order valence-electron chi connectivity index (χ0n) is 9.23. The highest BCUT2D eigenvalue weighted by atomic mass is 79.9. The van der Waals surface area contributed by atoms with Crippen molar-refractivity contribution in [3.05, 3.63) is 47.7 Å². The van der Waals surface area contributed by atoms with Crippen LogP contribution in [0.15, 0.2) is 52.7 Å². The number of fused-ring (bicyclic) bond motifs is 3. The van der Waals surface area contributed by atoms with Crippen LogP contribution in [0.5, 0.6) is 0 Å². The SMILES string of the molecule is CC1=CC2C=CN=C(Br)C2C2CC=CC=C12. The van der Waals surface area contributed by atoms with Gasteiger partial charge in [-0.3, -0.25) is 4.99 Å². The molecule has 3 aliphatic rings. The maximum Gasteiger partial charge on any atom is 0.0875 e. The zero-order chi connectivity index (χ0) is 11.1. The van der Waals surface area contributed by atoms with E-state index < -0.39 is 0 Å². The Bertz CT molecular complexity index is 465. The van der Waals surface area contributed by atoms with E-state index in [1.807, 2.05) is 6.20 Å². The number of aliphatic imine (C=N–C) groups is 1. The molecule has 0 saturated carbocycles. The number of halogens is 1. The normalized spacial score (nSPS) is 35.9. The lowest BCUT2D eigenvalue weighted by atomic mass is 9.68. The van der Waals surface area contributed by atoms with Crippen LogP contribution in [0.4, 0.5) is 0 Å². The summed E-state index contributed by atoms with van der Waals surface area (Å²) in [5.74, 6) is 1.62. The maximum atomic E-state index is 4.40.